The van der Waals surface area contributed by atoms with E-state index < -0.39 is 0 Å². The van der Waals surface area contributed by atoms with Gasteiger partial charge >= 0.3 is 0 Å². The Labute approximate surface area is 325 Å². The molecule has 0 radical (unpaired) electrons. The van der Waals surface area contributed by atoms with Gasteiger partial charge in [0.25, 0.3) is 0 Å². The molecule has 1 aromatic heterocycles. The van der Waals surface area contributed by atoms with E-state index >= 15 is 0 Å². The molecule has 0 amide bonds. The number of benzene rings is 10. The first kappa shape index (κ1) is 32.0. The summed E-state index contributed by atoms with van der Waals surface area (Å²) in [7, 11) is 0. The van der Waals surface area contributed by atoms with Crippen molar-refractivity contribution < 1.29 is 0 Å². The maximum Gasteiger partial charge on any atom is 0.0625 e. The lowest BCUT2D eigenvalue weighted by molar-refractivity contribution is 1.19. The summed E-state index contributed by atoms with van der Waals surface area (Å²) in [6.45, 7) is 0. The van der Waals surface area contributed by atoms with E-state index in [1.165, 1.54) is 76.4 Å². The van der Waals surface area contributed by atoms with E-state index in [2.05, 4.69) is 228 Å². The van der Waals surface area contributed by atoms with Crippen molar-refractivity contribution in [2.75, 3.05) is 4.90 Å². The molecule has 0 bridgehead atoms. The third-order valence-corrected chi connectivity index (χ3v) is 11.3. The number of para-hydroxylation sites is 2. The molecule has 0 atom stereocenters. The van der Waals surface area contributed by atoms with Crippen molar-refractivity contribution in [1.82, 2.24) is 4.57 Å². The highest BCUT2D eigenvalue weighted by Gasteiger charge is 2.21. The molecular weight excluding hydrogens is 677 g/mol. The number of rotatable bonds is 6. The summed E-state index contributed by atoms with van der Waals surface area (Å²) in [6.07, 6.45) is 0. The van der Waals surface area contributed by atoms with Crippen LogP contribution < -0.4 is 4.90 Å². The van der Waals surface area contributed by atoms with Gasteiger partial charge in [0, 0.05) is 38.6 Å². The lowest BCUT2D eigenvalue weighted by Gasteiger charge is -2.27. The third-order valence-electron chi connectivity index (χ3n) is 11.3. The molecule has 2 nitrogen and oxygen atoms in total. The molecule has 0 aliphatic rings. The highest BCUT2D eigenvalue weighted by Crippen LogP contribution is 2.45. The van der Waals surface area contributed by atoms with Crippen LogP contribution in [0.15, 0.2) is 218 Å². The number of fused-ring (bicyclic) bond motifs is 7. The first-order valence-electron chi connectivity index (χ1n) is 19.3. The number of hydrogen-bond donors (Lipinski definition) is 0. The number of nitrogens with zero attached hydrogens (tertiary/aromatic N) is 2. The van der Waals surface area contributed by atoms with Crippen molar-refractivity contribution in [3.63, 3.8) is 0 Å². The second-order valence-corrected chi connectivity index (χ2v) is 14.5. The first-order valence-corrected chi connectivity index (χ1v) is 19.3. The SMILES string of the molecule is c1ccc(-n2c3ccccc3c3c(-c4cccc(N(c5ccc(-c6ccc7ccccc7c6)cc5)c5cccc6ccccc56)c4)cc4ccccc4c32)cc1. The summed E-state index contributed by atoms with van der Waals surface area (Å²) in [4.78, 5) is 2.42. The lowest BCUT2D eigenvalue weighted by atomic mass is 9.94. The molecule has 56 heavy (non-hydrogen) atoms. The molecule has 10 aromatic carbocycles. The molecule has 0 saturated heterocycles. The van der Waals surface area contributed by atoms with E-state index in [1.54, 1.807) is 0 Å². The Kier molecular flexibility index (Phi) is 7.53. The van der Waals surface area contributed by atoms with Gasteiger partial charge in [0.15, 0.2) is 0 Å². The molecule has 2 heteroatoms. The van der Waals surface area contributed by atoms with Crippen LogP contribution >= 0.6 is 0 Å². The average molecular weight is 713 g/mol. The largest absolute Gasteiger partial charge is 0.310 e. The predicted molar refractivity (Wildman–Crippen MR) is 239 cm³/mol. The number of hydrogen-bond acceptors (Lipinski definition) is 1. The Morgan fingerprint density at radius 1 is 0.339 bits per heavy atom. The molecule has 0 fully saturated rings. The standard InChI is InChI=1S/C54H36N2/c1-2-20-44(21-3-1)56-52-26-11-10-25-49(52)53-50(36-43-17-7-9-24-48(43)54(53)56)42-19-12-22-46(35-42)55(51-27-13-18-39-15-6-8-23-47(39)51)45-32-30-38(31-33-45)41-29-28-37-14-4-5-16-40(37)34-41/h1-36H. The van der Waals surface area contributed by atoms with Gasteiger partial charge in [-0.2, -0.15) is 0 Å². The Morgan fingerprint density at radius 3 is 1.82 bits per heavy atom. The summed E-state index contributed by atoms with van der Waals surface area (Å²) in [5.74, 6) is 0. The van der Waals surface area contributed by atoms with Gasteiger partial charge in [0.2, 0.25) is 0 Å². The van der Waals surface area contributed by atoms with Gasteiger partial charge in [-0.05, 0) is 104 Å². The molecular formula is C54H36N2. The zero-order valence-electron chi connectivity index (χ0n) is 30.7. The Balaban J connectivity index is 1.13. The second kappa shape index (κ2) is 13.2. The Morgan fingerprint density at radius 2 is 0.982 bits per heavy atom. The Hall–Kier alpha value is -7.42. The van der Waals surface area contributed by atoms with Crippen molar-refractivity contribution in [3.05, 3.63) is 218 Å². The van der Waals surface area contributed by atoms with Gasteiger partial charge in [-0.1, -0.05) is 158 Å². The smallest absolute Gasteiger partial charge is 0.0625 e. The monoisotopic (exact) mass is 712 g/mol. The second-order valence-electron chi connectivity index (χ2n) is 14.5. The van der Waals surface area contributed by atoms with Gasteiger partial charge in [-0.15, -0.1) is 0 Å². The van der Waals surface area contributed by atoms with Crippen LogP contribution in [0.3, 0.4) is 0 Å². The van der Waals surface area contributed by atoms with Crippen molar-refractivity contribution in [3.8, 4) is 27.9 Å². The van der Waals surface area contributed by atoms with E-state index in [4.69, 9.17) is 0 Å². The maximum atomic E-state index is 2.44. The van der Waals surface area contributed by atoms with E-state index in [0.29, 0.717) is 0 Å². The summed E-state index contributed by atoms with van der Waals surface area (Å²) >= 11 is 0. The number of anilines is 3. The maximum absolute atomic E-state index is 2.44. The summed E-state index contributed by atoms with van der Waals surface area (Å²) in [6, 6.07) is 79.5. The van der Waals surface area contributed by atoms with Gasteiger partial charge in [-0.3, -0.25) is 0 Å². The van der Waals surface area contributed by atoms with Crippen molar-refractivity contribution >= 4 is 71.2 Å². The van der Waals surface area contributed by atoms with Crippen LogP contribution in [0.25, 0.3) is 82.1 Å². The molecule has 0 aliphatic carbocycles. The molecule has 0 spiro atoms. The molecule has 0 unspecified atom stereocenters. The molecule has 0 N–H and O–H groups in total. The zero-order valence-corrected chi connectivity index (χ0v) is 30.7. The van der Waals surface area contributed by atoms with E-state index in [0.717, 1.165) is 22.7 Å². The topological polar surface area (TPSA) is 8.17 Å². The van der Waals surface area contributed by atoms with Crippen LogP contribution in [-0.4, -0.2) is 4.57 Å². The quantitative estimate of drug-likeness (QED) is 0.167. The molecule has 11 rings (SSSR count). The van der Waals surface area contributed by atoms with Crippen molar-refractivity contribution in [2.45, 2.75) is 0 Å². The minimum Gasteiger partial charge on any atom is -0.310 e. The molecule has 262 valence electrons. The van der Waals surface area contributed by atoms with E-state index in [1.807, 2.05) is 0 Å². The normalized spacial score (nSPS) is 11.6. The lowest BCUT2D eigenvalue weighted by Crippen LogP contribution is -2.10. The van der Waals surface area contributed by atoms with Crippen molar-refractivity contribution in [2.24, 2.45) is 0 Å². The minimum atomic E-state index is 1.10. The fourth-order valence-electron chi connectivity index (χ4n) is 8.72. The van der Waals surface area contributed by atoms with Gasteiger partial charge in [0.05, 0.1) is 16.7 Å². The summed E-state index contributed by atoms with van der Waals surface area (Å²) in [5.41, 5.74) is 11.7. The minimum absolute atomic E-state index is 1.10. The zero-order chi connectivity index (χ0) is 37.0. The fraction of sp³-hybridized carbons (Fsp3) is 0. The molecule has 1 heterocycles. The highest BCUT2D eigenvalue weighted by molar-refractivity contribution is 6.24. The van der Waals surface area contributed by atoms with Crippen LogP contribution in [0.4, 0.5) is 17.1 Å². The summed E-state index contributed by atoms with van der Waals surface area (Å²) < 4.78 is 2.44. The third kappa shape index (κ3) is 5.26. The van der Waals surface area contributed by atoms with Crippen molar-refractivity contribution in [1.29, 1.82) is 0 Å². The predicted octanol–water partition coefficient (Wildman–Crippen LogP) is 15.0. The van der Waals surface area contributed by atoms with E-state index in [-0.39, 0.29) is 0 Å². The first-order chi connectivity index (χ1) is 27.8. The van der Waals surface area contributed by atoms with Crippen LogP contribution in [0, 0.1) is 0 Å². The van der Waals surface area contributed by atoms with E-state index in [9.17, 15) is 0 Å². The van der Waals surface area contributed by atoms with Crippen LogP contribution in [0.5, 0.6) is 0 Å². The Bertz CT molecular complexity index is 3240. The molecule has 0 saturated carbocycles. The molecule has 11 aromatic rings. The van der Waals surface area contributed by atoms with Gasteiger partial charge < -0.3 is 9.47 Å². The van der Waals surface area contributed by atoms with Crippen LogP contribution in [0.2, 0.25) is 0 Å². The summed E-state index contributed by atoms with van der Waals surface area (Å²) in [5, 5.41) is 9.88. The average Bonchev–Trinajstić information content (AvgIpc) is 3.62. The molecule has 0 aliphatic heterocycles. The number of aromatic nitrogens is 1. The van der Waals surface area contributed by atoms with Crippen LogP contribution in [-0.2, 0) is 0 Å². The van der Waals surface area contributed by atoms with Gasteiger partial charge in [0.1, 0.15) is 0 Å². The van der Waals surface area contributed by atoms with Gasteiger partial charge in [-0.25, -0.2) is 0 Å². The fourth-order valence-corrected chi connectivity index (χ4v) is 8.72. The highest BCUT2D eigenvalue weighted by atomic mass is 15.1. The van der Waals surface area contributed by atoms with Crippen LogP contribution in [0.1, 0.15) is 0 Å².